The number of ether oxygens (including phenoxy) is 2. The third-order valence-electron chi connectivity index (χ3n) is 2.19. The van der Waals surface area contributed by atoms with Gasteiger partial charge in [0.25, 0.3) is 0 Å². The molecule has 0 N–H and O–H groups in total. The molecule has 0 saturated heterocycles. The van der Waals surface area contributed by atoms with Crippen LogP contribution in [0.4, 0.5) is 0 Å². The summed E-state index contributed by atoms with van der Waals surface area (Å²) in [5.74, 6) is 2.48. The van der Waals surface area contributed by atoms with E-state index >= 15 is 0 Å². The van der Waals surface area contributed by atoms with Crippen LogP contribution in [0.3, 0.4) is 0 Å². The molecular weight excluding hydrogens is 252 g/mol. The summed E-state index contributed by atoms with van der Waals surface area (Å²) in [7, 11) is 0.731. The average molecular weight is 271 g/mol. The zero-order valence-electron chi connectivity index (χ0n) is 10.5. The van der Waals surface area contributed by atoms with Crippen LogP contribution in [0, 0.1) is 0 Å². The highest BCUT2D eigenvalue weighted by molar-refractivity contribution is 6.54. The highest BCUT2D eigenvalue weighted by Gasteiger charge is 2.10. The van der Waals surface area contributed by atoms with Gasteiger partial charge in [0, 0.05) is 5.88 Å². The predicted octanol–water partition coefficient (Wildman–Crippen LogP) is 2.86. The molecule has 0 heterocycles. The van der Waals surface area contributed by atoms with Crippen molar-refractivity contribution in [3.63, 3.8) is 0 Å². The van der Waals surface area contributed by atoms with Gasteiger partial charge in [-0.25, -0.2) is 0 Å². The van der Waals surface area contributed by atoms with Crippen molar-refractivity contribution in [2.45, 2.75) is 26.3 Å². The van der Waals surface area contributed by atoms with Crippen molar-refractivity contribution < 1.29 is 9.47 Å². The lowest BCUT2D eigenvalue weighted by molar-refractivity contribution is 0.289. The van der Waals surface area contributed by atoms with Crippen LogP contribution >= 0.6 is 11.6 Å². The highest BCUT2D eigenvalue weighted by Crippen LogP contribution is 2.24. The Balaban J connectivity index is 2.81. The fraction of sp³-hybridized carbons (Fsp3) is 0.538. The Morgan fingerprint density at radius 2 is 1.94 bits per heavy atom. The van der Waals surface area contributed by atoms with Crippen LogP contribution in [-0.2, 0) is 0 Å². The third-order valence-corrected chi connectivity index (χ3v) is 3.84. The van der Waals surface area contributed by atoms with E-state index in [0.29, 0.717) is 13.2 Å². The van der Waals surface area contributed by atoms with Crippen LogP contribution < -0.4 is 14.7 Å². The molecule has 0 unspecified atom stereocenters. The average Bonchev–Trinajstić information content (AvgIpc) is 2.33. The first-order chi connectivity index (χ1) is 8.33. The first-order valence-corrected chi connectivity index (χ1v) is 7.76. The summed E-state index contributed by atoms with van der Waals surface area (Å²) in [4.78, 5) is 0. The van der Waals surface area contributed by atoms with E-state index in [1.54, 1.807) is 0 Å². The van der Waals surface area contributed by atoms with Gasteiger partial charge in [-0.05, 0) is 31.5 Å². The van der Waals surface area contributed by atoms with Crippen molar-refractivity contribution >= 4 is 26.3 Å². The Labute approximate surface area is 111 Å². The van der Waals surface area contributed by atoms with Crippen molar-refractivity contribution in [3.05, 3.63) is 18.2 Å². The van der Waals surface area contributed by atoms with Crippen LogP contribution in [0.2, 0.25) is 6.04 Å². The van der Waals surface area contributed by atoms with Crippen LogP contribution in [0.15, 0.2) is 18.2 Å². The summed E-state index contributed by atoms with van der Waals surface area (Å²) < 4.78 is 11.3. The van der Waals surface area contributed by atoms with E-state index in [1.165, 1.54) is 5.19 Å². The summed E-state index contributed by atoms with van der Waals surface area (Å²) in [6.45, 7) is 5.30. The van der Waals surface area contributed by atoms with Gasteiger partial charge in [-0.1, -0.05) is 18.2 Å². The minimum absolute atomic E-state index is 0.661. The number of hydrogen-bond donors (Lipinski definition) is 0. The van der Waals surface area contributed by atoms with Gasteiger partial charge in [-0.3, -0.25) is 0 Å². The van der Waals surface area contributed by atoms with Crippen molar-refractivity contribution in [1.29, 1.82) is 0 Å². The molecule has 0 aliphatic carbocycles. The monoisotopic (exact) mass is 270 g/mol. The normalized spacial score (nSPS) is 10.3. The summed E-state index contributed by atoms with van der Waals surface area (Å²) in [5.41, 5.74) is 0. The molecule has 0 aliphatic heterocycles. The lowest BCUT2D eigenvalue weighted by Crippen LogP contribution is -2.18. The summed E-state index contributed by atoms with van der Waals surface area (Å²) in [6, 6.07) is 7.21. The Morgan fingerprint density at radius 3 is 2.59 bits per heavy atom. The van der Waals surface area contributed by atoms with E-state index in [9.17, 15) is 0 Å². The van der Waals surface area contributed by atoms with Gasteiger partial charge in [0.2, 0.25) is 0 Å². The number of para-hydroxylation sites is 1. The topological polar surface area (TPSA) is 18.5 Å². The van der Waals surface area contributed by atoms with Gasteiger partial charge in [0.05, 0.1) is 22.7 Å². The molecule has 0 aromatic heterocycles. The second kappa shape index (κ2) is 8.42. The molecule has 0 bridgehead atoms. The lowest BCUT2D eigenvalue weighted by atomic mass is 10.3. The fourth-order valence-corrected chi connectivity index (χ4v) is 3.06. The van der Waals surface area contributed by atoms with Crippen molar-refractivity contribution in [3.8, 4) is 11.5 Å². The van der Waals surface area contributed by atoms with E-state index in [2.05, 4.69) is 6.07 Å². The Morgan fingerprint density at radius 1 is 1.18 bits per heavy atom. The first-order valence-electron chi connectivity index (χ1n) is 6.01. The molecule has 17 heavy (non-hydrogen) atoms. The zero-order valence-corrected chi connectivity index (χ0v) is 12.2. The summed E-state index contributed by atoms with van der Waals surface area (Å²) in [5, 5.41) is 1.24. The number of rotatable bonds is 8. The van der Waals surface area contributed by atoms with Crippen LogP contribution in [0.25, 0.3) is 0 Å². The van der Waals surface area contributed by atoms with E-state index in [4.69, 9.17) is 21.1 Å². The zero-order chi connectivity index (χ0) is 12.5. The van der Waals surface area contributed by atoms with E-state index in [1.807, 2.05) is 26.0 Å². The minimum Gasteiger partial charge on any atom is -0.490 e. The molecule has 0 atom stereocenters. The minimum atomic E-state index is 0.661. The maximum absolute atomic E-state index is 5.70. The van der Waals surface area contributed by atoms with Crippen LogP contribution in [0.1, 0.15) is 20.3 Å². The summed E-state index contributed by atoms with van der Waals surface area (Å²) in [6.07, 6.45) is 1.05. The molecule has 0 fully saturated rings. The third kappa shape index (κ3) is 4.60. The van der Waals surface area contributed by atoms with Crippen molar-refractivity contribution in [1.82, 2.24) is 0 Å². The standard InChI is InChI=1S/C13H19ClO2Si/c1-3-15-11-7-5-8-12(13(11)16-4-2)17-10-6-9-14/h5,7-8H,3-4,6,9-10H2,1-2H3. The van der Waals surface area contributed by atoms with Gasteiger partial charge >= 0.3 is 0 Å². The molecule has 0 amide bonds. The molecule has 2 nitrogen and oxygen atoms in total. The van der Waals surface area contributed by atoms with Crippen molar-refractivity contribution in [2.75, 3.05) is 19.1 Å². The second-order valence-electron chi connectivity index (χ2n) is 3.47. The van der Waals surface area contributed by atoms with E-state index in [-0.39, 0.29) is 0 Å². The molecule has 0 saturated carbocycles. The maximum Gasteiger partial charge on any atom is 0.160 e. The fourth-order valence-electron chi connectivity index (χ4n) is 1.51. The number of halogens is 1. The maximum atomic E-state index is 5.70. The lowest BCUT2D eigenvalue weighted by Gasteiger charge is -2.14. The largest absolute Gasteiger partial charge is 0.490 e. The van der Waals surface area contributed by atoms with Gasteiger partial charge in [0.1, 0.15) is 0 Å². The molecular formula is C13H19ClO2Si. The smallest absolute Gasteiger partial charge is 0.160 e. The van der Waals surface area contributed by atoms with Gasteiger partial charge in [-0.2, -0.15) is 0 Å². The van der Waals surface area contributed by atoms with E-state index in [0.717, 1.165) is 39.4 Å². The van der Waals surface area contributed by atoms with Crippen LogP contribution in [-0.4, -0.2) is 28.6 Å². The molecule has 1 aromatic carbocycles. The molecule has 0 aliphatic rings. The van der Waals surface area contributed by atoms with Crippen LogP contribution in [0.5, 0.6) is 11.5 Å². The number of hydrogen-bond acceptors (Lipinski definition) is 2. The predicted molar refractivity (Wildman–Crippen MR) is 74.3 cm³/mol. The Kier molecular flexibility index (Phi) is 7.13. The van der Waals surface area contributed by atoms with Crippen molar-refractivity contribution in [2.24, 2.45) is 0 Å². The van der Waals surface area contributed by atoms with Gasteiger partial charge in [-0.15, -0.1) is 11.6 Å². The number of alkyl halides is 1. The number of benzene rings is 1. The molecule has 0 spiro atoms. The second-order valence-corrected chi connectivity index (χ2v) is 5.24. The molecule has 2 radical (unpaired) electrons. The van der Waals surface area contributed by atoms with E-state index < -0.39 is 0 Å². The van der Waals surface area contributed by atoms with Gasteiger partial charge < -0.3 is 9.47 Å². The Hall–Kier alpha value is -0.673. The molecule has 1 aromatic rings. The molecule has 1 rings (SSSR count). The molecule has 4 heteroatoms. The summed E-state index contributed by atoms with van der Waals surface area (Å²) >= 11 is 5.70. The van der Waals surface area contributed by atoms with Gasteiger partial charge in [0.15, 0.2) is 11.5 Å². The quantitative estimate of drug-likeness (QED) is 0.411. The molecule has 94 valence electrons. The first kappa shape index (κ1) is 14.4. The Bertz CT molecular complexity index is 331. The SMILES string of the molecule is CCOc1cccc([Si]CCCCl)c1OCC. The highest BCUT2D eigenvalue weighted by atomic mass is 35.5.